The number of carbonyl (C=O) groups is 1. The molecule has 1 aromatic carbocycles. The van der Waals surface area contributed by atoms with Crippen LogP contribution in [0.2, 0.25) is 5.02 Å². The maximum absolute atomic E-state index is 11.5. The summed E-state index contributed by atoms with van der Waals surface area (Å²) in [5.74, 6) is 0.0797. The number of aromatic nitrogens is 1. The third kappa shape index (κ3) is 3.27. The molecule has 1 heterocycles. The number of anilines is 2. The number of halogens is 1. The minimum Gasteiger partial charge on any atom is -0.469 e. The van der Waals surface area contributed by atoms with Crippen LogP contribution in [0.25, 0.3) is 0 Å². The summed E-state index contributed by atoms with van der Waals surface area (Å²) in [5.41, 5.74) is 1.56. The van der Waals surface area contributed by atoms with Crippen LogP contribution in [0, 0.1) is 0 Å². The lowest BCUT2D eigenvalue weighted by Crippen LogP contribution is -2.10. The quantitative estimate of drug-likeness (QED) is 0.871. The van der Waals surface area contributed by atoms with Crippen molar-refractivity contribution < 1.29 is 9.53 Å². The fraction of sp³-hybridized carbons (Fsp3) is 0.200. The van der Waals surface area contributed by atoms with Crippen LogP contribution < -0.4 is 5.32 Å². The highest BCUT2D eigenvalue weighted by atomic mass is 35.5. The smallest absolute Gasteiger partial charge is 0.312 e. The van der Waals surface area contributed by atoms with Crippen LogP contribution in [-0.2, 0) is 9.53 Å². The van der Waals surface area contributed by atoms with E-state index in [-0.39, 0.29) is 11.9 Å². The molecule has 0 aliphatic carbocycles. The van der Waals surface area contributed by atoms with Crippen molar-refractivity contribution in [1.82, 2.24) is 4.98 Å². The Morgan fingerprint density at radius 1 is 1.35 bits per heavy atom. The molecule has 1 aromatic heterocycles. The molecule has 5 heteroatoms. The van der Waals surface area contributed by atoms with Gasteiger partial charge in [-0.2, -0.15) is 0 Å². The van der Waals surface area contributed by atoms with Crippen molar-refractivity contribution in [3.63, 3.8) is 0 Å². The number of ether oxygens (including phenoxy) is 1. The number of rotatable bonds is 4. The van der Waals surface area contributed by atoms with Gasteiger partial charge < -0.3 is 10.1 Å². The van der Waals surface area contributed by atoms with Crippen molar-refractivity contribution in [2.45, 2.75) is 12.8 Å². The van der Waals surface area contributed by atoms with Crippen molar-refractivity contribution in [3.8, 4) is 0 Å². The van der Waals surface area contributed by atoms with Gasteiger partial charge in [0.1, 0.15) is 5.82 Å². The van der Waals surface area contributed by atoms with Crippen LogP contribution in [0.4, 0.5) is 11.5 Å². The number of hydrogen-bond acceptors (Lipinski definition) is 4. The van der Waals surface area contributed by atoms with Gasteiger partial charge in [0.15, 0.2) is 0 Å². The standard InChI is InChI=1S/C15H15ClN2O2/c1-10(15(19)20-2)11-6-7-13(12(16)9-11)18-14-5-3-4-8-17-14/h3-10H,1-2H3,(H,17,18)/t10-/m1/s1. The SMILES string of the molecule is COC(=O)[C@H](C)c1ccc(Nc2ccccn2)c(Cl)c1. The number of methoxy groups -OCH3 is 1. The molecule has 0 bridgehead atoms. The third-order valence-corrected chi connectivity index (χ3v) is 3.29. The van der Waals surface area contributed by atoms with Gasteiger partial charge in [0.25, 0.3) is 0 Å². The lowest BCUT2D eigenvalue weighted by Gasteiger charge is -2.12. The van der Waals surface area contributed by atoms with Gasteiger partial charge >= 0.3 is 5.97 Å². The summed E-state index contributed by atoms with van der Waals surface area (Å²) in [4.78, 5) is 15.7. The molecule has 0 unspecified atom stereocenters. The second-order valence-electron chi connectivity index (χ2n) is 4.32. The highest BCUT2D eigenvalue weighted by Gasteiger charge is 2.16. The van der Waals surface area contributed by atoms with Gasteiger partial charge in [0, 0.05) is 6.20 Å². The number of benzene rings is 1. The highest BCUT2D eigenvalue weighted by molar-refractivity contribution is 6.33. The van der Waals surface area contributed by atoms with E-state index in [9.17, 15) is 4.79 Å². The molecular weight excluding hydrogens is 276 g/mol. The van der Waals surface area contributed by atoms with Crippen LogP contribution in [0.5, 0.6) is 0 Å². The lowest BCUT2D eigenvalue weighted by molar-refractivity contribution is -0.141. The van der Waals surface area contributed by atoms with E-state index in [0.717, 1.165) is 11.3 Å². The highest BCUT2D eigenvalue weighted by Crippen LogP contribution is 2.29. The van der Waals surface area contributed by atoms with Crippen molar-refractivity contribution in [1.29, 1.82) is 0 Å². The van der Waals surface area contributed by atoms with Crippen molar-refractivity contribution >= 4 is 29.1 Å². The Bertz CT molecular complexity index is 602. The van der Waals surface area contributed by atoms with E-state index < -0.39 is 0 Å². The first-order chi connectivity index (χ1) is 9.61. The zero-order valence-corrected chi connectivity index (χ0v) is 12.0. The van der Waals surface area contributed by atoms with Crippen LogP contribution >= 0.6 is 11.6 Å². The predicted octanol–water partition coefficient (Wildman–Crippen LogP) is 3.76. The molecule has 4 nitrogen and oxygen atoms in total. The Hall–Kier alpha value is -2.07. The van der Waals surface area contributed by atoms with Gasteiger partial charge in [-0.05, 0) is 36.8 Å². The topological polar surface area (TPSA) is 51.2 Å². The molecule has 0 spiro atoms. The minimum absolute atomic E-state index is 0.286. The molecule has 0 amide bonds. The first kappa shape index (κ1) is 14.3. The molecule has 2 aromatic rings. The molecule has 20 heavy (non-hydrogen) atoms. The van der Waals surface area contributed by atoms with Gasteiger partial charge in [0.05, 0.1) is 23.7 Å². The molecular formula is C15H15ClN2O2. The number of nitrogens with one attached hydrogen (secondary N) is 1. The summed E-state index contributed by atoms with van der Waals surface area (Å²) in [7, 11) is 1.37. The van der Waals surface area contributed by atoms with Crippen LogP contribution in [-0.4, -0.2) is 18.1 Å². The molecule has 0 aliphatic heterocycles. The Kier molecular flexibility index (Phi) is 4.58. The lowest BCUT2D eigenvalue weighted by atomic mass is 10.0. The molecule has 0 fully saturated rings. The van der Waals surface area contributed by atoms with Gasteiger partial charge in [-0.15, -0.1) is 0 Å². The predicted molar refractivity (Wildman–Crippen MR) is 79.4 cm³/mol. The molecule has 104 valence electrons. The fourth-order valence-electron chi connectivity index (χ4n) is 1.79. The summed E-state index contributed by atoms with van der Waals surface area (Å²) >= 11 is 6.23. The summed E-state index contributed by atoms with van der Waals surface area (Å²) in [6.45, 7) is 1.78. The third-order valence-electron chi connectivity index (χ3n) is 2.98. The summed E-state index contributed by atoms with van der Waals surface area (Å²) < 4.78 is 4.72. The van der Waals surface area contributed by atoms with E-state index in [4.69, 9.17) is 16.3 Å². The van der Waals surface area contributed by atoms with E-state index >= 15 is 0 Å². The molecule has 0 aliphatic rings. The molecule has 0 saturated carbocycles. The Morgan fingerprint density at radius 3 is 2.75 bits per heavy atom. The number of esters is 1. The van der Waals surface area contributed by atoms with Crippen molar-refractivity contribution in [2.24, 2.45) is 0 Å². The minimum atomic E-state index is -0.346. The number of nitrogens with zero attached hydrogens (tertiary/aromatic N) is 1. The maximum Gasteiger partial charge on any atom is 0.312 e. The van der Waals surface area contributed by atoms with E-state index in [0.29, 0.717) is 10.8 Å². The largest absolute Gasteiger partial charge is 0.469 e. The number of carbonyl (C=O) groups excluding carboxylic acids is 1. The van der Waals surface area contributed by atoms with Gasteiger partial charge in [0.2, 0.25) is 0 Å². The number of pyridine rings is 1. The Labute approximate surface area is 122 Å². The average molecular weight is 291 g/mol. The molecule has 0 radical (unpaired) electrons. The van der Waals surface area contributed by atoms with E-state index in [1.165, 1.54) is 7.11 Å². The van der Waals surface area contributed by atoms with Crippen molar-refractivity contribution in [3.05, 3.63) is 53.2 Å². The zero-order valence-electron chi connectivity index (χ0n) is 11.3. The number of hydrogen-bond donors (Lipinski definition) is 1. The first-order valence-corrected chi connectivity index (χ1v) is 6.55. The molecule has 2 rings (SSSR count). The van der Waals surface area contributed by atoms with Crippen LogP contribution in [0.1, 0.15) is 18.4 Å². The van der Waals surface area contributed by atoms with Gasteiger partial charge in [-0.3, -0.25) is 4.79 Å². The van der Waals surface area contributed by atoms with E-state index in [1.54, 1.807) is 19.2 Å². The maximum atomic E-state index is 11.5. The van der Waals surface area contributed by atoms with E-state index in [2.05, 4.69) is 10.3 Å². The molecule has 1 atom stereocenters. The normalized spacial score (nSPS) is 11.8. The van der Waals surface area contributed by atoms with Gasteiger partial charge in [-0.1, -0.05) is 23.7 Å². The van der Waals surface area contributed by atoms with Gasteiger partial charge in [-0.25, -0.2) is 4.98 Å². The first-order valence-electron chi connectivity index (χ1n) is 6.17. The summed E-state index contributed by atoms with van der Waals surface area (Å²) in [6.07, 6.45) is 1.70. The van der Waals surface area contributed by atoms with Crippen molar-refractivity contribution in [2.75, 3.05) is 12.4 Å². The Morgan fingerprint density at radius 2 is 2.15 bits per heavy atom. The second kappa shape index (κ2) is 6.39. The van der Waals surface area contributed by atoms with Crippen LogP contribution in [0.15, 0.2) is 42.6 Å². The Balaban J connectivity index is 2.20. The van der Waals surface area contributed by atoms with E-state index in [1.807, 2.05) is 30.3 Å². The summed E-state index contributed by atoms with van der Waals surface area (Å²) in [5, 5.41) is 3.65. The molecule has 0 saturated heterocycles. The summed E-state index contributed by atoms with van der Waals surface area (Å²) in [6, 6.07) is 11.0. The zero-order chi connectivity index (χ0) is 14.5. The second-order valence-corrected chi connectivity index (χ2v) is 4.73. The fourth-order valence-corrected chi connectivity index (χ4v) is 2.03. The molecule has 1 N–H and O–H groups in total. The average Bonchev–Trinajstić information content (AvgIpc) is 2.48. The monoisotopic (exact) mass is 290 g/mol. The van der Waals surface area contributed by atoms with Crippen LogP contribution in [0.3, 0.4) is 0 Å².